The number of amides is 2. The van der Waals surface area contributed by atoms with Crippen LogP contribution in [-0.2, 0) is 16.1 Å². The Morgan fingerprint density at radius 3 is 2.60 bits per heavy atom. The summed E-state index contributed by atoms with van der Waals surface area (Å²) in [5.74, 6) is 3.08. The van der Waals surface area contributed by atoms with Crippen LogP contribution in [0.4, 0.5) is 17.3 Å². The number of nitrogens with one attached hydrogen (secondary N) is 1. The summed E-state index contributed by atoms with van der Waals surface area (Å²) in [5.41, 5.74) is 2.56. The number of likely N-dealkylation sites (N-methyl/N-ethyl adjacent to an activating group) is 1. The van der Waals surface area contributed by atoms with Crippen LogP contribution in [0.5, 0.6) is 0 Å². The van der Waals surface area contributed by atoms with Crippen molar-refractivity contribution in [1.29, 1.82) is 0 Å². The molecular formula is C27H36N10O2S. The maximum Gasteiger partial charge on any atom is 0.247 e. The second-order valence-corrected chi connectivity index (χ2v) is 12.5. The summed E-state index contributed by atoms with van der Waals surface area (Å²) in [7, 11) is 2.08. The highest BCUT2D eigenvalue weighted by molar-refractivity contribution is 8.00. The fourth-order valence-corrected chi connectivity index (χ4v) is 7.14. The number of fused-ring (bicyclic) bond motifs is 3. The number of anilines is 3. The maximum atomic E-state index is 13.2. The monoisotopic (exact) mass is 564 g/mol. The third-order valence-electron chi connectivity index (χ3n) is 8.69. The molecule has 2 amide bonds. The van der Waals surface area contributed by atoms with Gasteiger partial charge in [0.15, 0.2) is 5.65 Å². The van der Waals surface area contributed by atoms with Gasteiger partial charge in [0, 0.05) is 75.3 Å². The molecule has 0 radical (unpaired) electrons. The van der Waals surface area contributed by atoms with Crippen molar-refractivity contribution in [2.75, 3.05) is 68.0 Å². The first-order chi connectivity index (χ1) is 19.5. The van der Waals surface area contributed by atoms with Gasteiger partial charge in [-0.2, -0.15) is 21.8 Å². The van der Waals surface area contributed by atoms with E-state index in [1.54, 1.807) is 15.4 Å². The van der Waals surface area contributed by atoms with E-state index in [0.29, 0.717) is 11.9 Å². The molecule has 1 N–H and O–H groups in total. The molecule has 0 spiro atoms. The molecule has 2 bridgehead atoms. The number of piperidine rings is 1. The van der Waals surface area contributed by atoms with Gasteiger partial charge < -0.3 is 24.9 Å². The molecule has 4 aliphatic rings. The molecule has 3 aromatic heterocycles. The van der Waals surface area contributed by atoms with E-state index < -0.39 is 0 Å². The summed E-state index contributed by atoms with van der Waals surface area (Å²) in [5, 5.41) is 12.3. The number of hydrogen-bond acceptors (Lipinski definition) is 9. The van der Waals surface area contributed by atoms with Crippen LogP contribution in [0.25, 0.3) is 5.65 Å². The lowest BCUT2D eigenvalue weighted by molar-refractivity contribution is -0.142. The van der Waals surface area contributed by atoms with Gasteiger partial charge in [-0.3, -0.25) is 14.3 Å². The van der Waals surface area contributed by atoms with Gasteiger partial charge in [0.05, 0.1) is 23.5 Å². The van der Waals surface area contributed by atoms with Crippen molar-refractivity contribution in [3.8, 4) is 0 Å². The van der Waals surface area contributed by atoms with Crippen LogP contribution in [0.15, 0.2) is 30.7 Å². The van der Waals surface area contributed by atoms with Gasteiger partial charge >= 0.3 is 0 Å². The lowest BCUT2D eigenvalue weighted by Gasteiger charge is -2.52. The maximum absolute atomic E-state index is 13.2. The average Bonchev–Trinajstić information content (AvgIpc) is 3.53. The summed E-state index contributed by atoms with van der Waals surface area (Å²) in [6.07, 6.45) is 8.72. The SMILES string of the molecule is CN1CCN(C(=O)Cn2cc(Nc3nc4c(N5CC6CCCC(C5)N6C(=O)C5CSC5)cccn4n3)cn2)CC1. The first-order valence-electron chi connectivity index (χ1n) is 14.3. The van der Waals surface area contributed by atoms with E-state index >= 15 is 0 Å². The minimum Gasteiger partial charge on any atom is -0.364 e. The van der Waals surface area contributed by atoms with Crippen LogP contribution in [0.3, 0.4) is 0 Å². The zero-order valence-corrected chi connectivity index (χ0v) is 23.7. The Balaban J connectivity index is 1.04. The zero-order chi connectivity index (χ0) is 27.2. The van der Waals surface area contributed by atoms with Crippen LogP contribution in [0.2, 0.25) is 0 Å². The molecule has 0 aliphatic carbocycles. The summed E-state index contributed by atoms with van der Waals surface area (Å²) in [4.78, 5) is 39.5. The van der Waals surface area contributed by atoms with Crippen molar-refractivity contribution in [2.45, 2.75) is 37.9 Å². The molecule has 12 nitrogen and oxygen atoms in total. The number of aromatic nitrogens is 5. The van der Waals surface area contributed by atoms with Gasteiger partial charge in [-0.15, -0.1) is 5.10 Å². The van der Waals surface area contributed by atoms with Gasteiger partial charge in [0.1, 0.15) is 6.54 Å². The van der Waals surface area contributed by atoms with Crippen molar-refractivity contribution in [3.05, 3.63) is 30.7 Å². The first kappa shape index (κ1) is 25.6. The number of hydrogen-bond donors (Lipinski definition) is 1. The highest BCUT2D eigenvalue weighted by Gasteiger charge is 2.43. The number of carbonyl (C=O) groups is 2. The molecule has 2 unspecified atom stereocenters. The largest absolute Gasteiger partial charge is 0.364 e. The van der Waals surface area contributed by atoms with Crippen molar-refractivity contribution >= 4 is 46.5 Å². The number of pyridine rings is 1. The fraction of sp³-hybridized carbons (Fsp3) is 0.593. The Morgan fingerprint density at radius 1 is 1.10 bits per heavy atom. The molecule has 7 rings (SSSR count). The van der Waals surface area contributed by atoms with Crippen molar-refractivity contribution in [3.63, 3.8) is 0 Å². The Morgan fingerprint density at radius 2 is 1.88 bits per heavy atom. The minimum atomic E-state index is 0.0800. The van der Waals surface area contributed by atoms with E-state index in [9.17, 15) is 9.59 Å². The van der Waals surface area contributed by atoms with E-state index in [0.717, 1.165) is 80.6 Å². The van der Waals surface area contributed by atoms with E-state index in [1.165, 1.54) is 6.42 Å². The third kappa shape index (κ3) is 4.89. The molecule has 7 heterocycles. The number of nitrogens with zero attached hydrogens (tertiary/aromatic N) is 9. The molecule has 2 atom stereocenters. The van der Waals surface area contributed by atoms with Gasteiger partial charge in [-0.1, -0.05) is 0 Å². The molecule has 13 heteroatoms. The summed E-state index contributed by atoms with van der Waals surface area (Å²) in [6.45, 7) is 5.16. The fourth-order valence-electron chi connectivity index (χ4n) is 6.38. The number of carbonyl (C=O) groups excluding carboxylic acids is 2. The molecule has 40 heavy (non-hydrogen) atoms. The highest BCUT2D eigenvalue weighted by atomic mass is 32.2. The Kier molecular flexibility index (Phi) is 6.78. The van der Waals surface area contributed by atoms with E-state index in [4.69, 9.17) is 4.98 Å². The molecule has 4 fully saturated rings. The van der Waals surface area contributed by atoms with Crippen LogP contribution >= 0.6 is 11.8 Å². The van der Waals surface area contributed by atoms with Crippen molar-refractivity contribution in [2.24, 2.45) is 5.92 Å². The van der Waals surface area contributed by atoms with E-state index in [2.05, 4.69) is 43.3 Å². The summed E-state index contributed by atoms with van der Waals surface area (Å²) in [6, 6.07) is 4.62. The number of piperazine rings is 2. The van der Waals surface area contributed by atoms with Gasteiger partial charge in [-0.25, -0.2) is 4.52 Å². The van der Waals surface area contributed by atoms with E-state index in [-0.39, 0.29) is 30.5 Å². The lowest BCUT2D eigenvalue weighted by Crippen LogP contribution is -2.64. The quantitative estimate of drug-likeness (QED) is 0.475. The summed E-state index contributed by atoms with van der Waals surface area (Å²) >= 11 is 1.87. The van der Waals surface area contributed by atoms with Gasteiger partial charge in [0.2, 0.25) is 17.8 Å². The lowest BCUT2D eigenvalue weighted by atomic mass is 9.89. The Bertz CT molecular complexity index is 1380. The highest BCUT2D eigenvalue weighted by Crippen LogP contribution is 2.36. The predicted molar refractivity (Wildman–Crippen MR) is 154 cm³/mol. The van der Waals surface area contributed by atoms with E-state index in [1.807, 2.05) is 35.1 Å². The average molecular weight is 565 g/mol. The van der Waals surface area contributed by atoms with Gasteiger partial charge in [0.25, 0.3) is 0 Å². The molecular weight excluding hydrogens is 528 g/mol. The normalized spacial score (nSPS) is 23.9. The van der Waals surface area contributed by atoms with Crippen LogP contribution in [0, 0.1) is 5.92 Å². The van der Waals surface area contributed by atoms with Crippen LogP contribution < -0.4 is 10.2 Å². The zero-order valence-electron chi connectivity index (χ0n) is 22.9. The molecule has 0 saturated carbocycles. The smallest absolute Gasteiger partial charge is 0.247 e. The standard InChI is InChI=1S/C27H36N10O2S/c1-32-8-10-33(11-9-32)24(38)16-35-13-20(12-28-35)29-27-30-25-23(6-3-7-36(25)31-27)34-14-21-4-2-5-22(15-34)37(21)26(39)19-17-40-18-19/h3,6-7,12-13,19,21-22H,2,4-5,8-11,14-18H2,1H3,(H,29,31). The molecule has 4 saturated heterocycles. The van der Waals surface area contributed by atoms with Crippen molar-refractivity contribution < 1.29 is 9.59 Å². The molecule has 0 aromatic carbocycles. The second-order valence-electron chi connectivity index (χ2n) is 11.5. The molecule has 4 aliphatic heterocycles. The number of thioether (sulfide) groups is 1. The van der Waals surface area contributed by atoms with Crippen LogP contribution in [-0.4, -0.2) is 121 Å². The molecule has 212 valence electrons. The predicted octanol–water partition coefficient (Wildman–Crippen LogP) is 1.38. The van der Waals surface area contributed by atoms with Crippen LogP contribution in [0.1, 0.15) is 19.3 Å². The molecule has 3 aromatic rings. The summed E-state index contributed by atoms with van der Waals surface area (Å²) < 4.78 is 3.46. The first-order valence-corrected chi connectivity index (χ1v) is 15.4. The Labute approximate surface area is 237 Å². The number of rotatable bonds is 6. The topological polar surface area (TPSA) is 107 Å². The van der Waals surface area contributed by atoms with Crippen molar-refractivity contribution in [1.82, 2.24) is 39.1 Å². The van der Waals surface area contributed by atoms with Gasteiger partial charge in [-0.05, 0) is 38.4 Å². The third-order valence-corrected chi connectivity index (χ3v) is 9.97. The Hall–Kier alpha value is -3.32. The second kappa shape index (κ2) is 10.6. The minimum absolute atomic E-state index is 0.0800.